The van der Waals surface area contributed by atoms with Gasteiger partial charge in [0.1, 0.15) is 11.4 Å². The standard InChI is InChI=1S/C13H17FN2O2/c1-13(2,3)18-12(17)16-10-5-4-9(14)11-8(10)6-7-15-11/h4-5,15H,6-7H2,1-3H3,(H,16,17). The van der Waals surface area contributed by atoms with Gasteiger partial charge in [0.25, 0.3) is 0 Å². The van der Waals surface area contributed by atoms with Gasteiger partial charge >= 0.3 is 6.09 Å². The Morgan fingerprint density at radius 3 is 2.83 bits per heavy atom. The minimum atomic E-state index is -0.550. The number of fused-ring (bicyclic) bond motifs is 1. The second-order valence-electron chi connectivity index (χ2n) is 5.25. The zero-order valence-corrected chi connectivity index (χ0v) is 10.8. The quantitative estimate of drug-likeness (QED) is 0.807. The van der Waals surface area contributed by atoms with E-state index >= 15 is 0 Å². The van der Waals surface area contributed by atoms with Crippen molar-refractivity contribution in [1.29, 1.82) is 0 Å². The minimum absolute atomic E-state index is 0.294. The zero-order chi connectivity index (χ0) is 13.3. The predicted octanol–water partition coefficient (Wildman–Crippen LogP) is 3.14. The number of halogens is 1. The Hall–Kier alpha value is -1.78. The second kappa shape index (κ2) is 4.48. The van der Waals surface area contributed by atoms with E-state index in [1.165, 1.54) is 6.07 Å². The highest BCUT2D eigenvalue weighted by Crippen LogP contribution is 2.32. The summed E-state index contributed by atoms with van der Waals surface area (Å²) in [4.78, 5) is 11.7. The van der Waals surface area contributed by atoms with E-state index in [1.54, 1.807) is 26.8 Å². The molecule has 4 nitrogen and oxygen atoms in total. The highest BCUT2D eigenvalue weighted by molar-refractivity contribution is 5.88. The average Bonchev–Trinajstić information content (AvgIpc) is 2.69. The first-order valence-corrected chi connectivity index (χ1v) is 5.92. The summed E-state index contributed by atoms with van der Waals surface area (Å²) in [6.07, 6.45) is 0.168. The molecule has 0 aliphatic carbocycles. The molecule has 2 rings (SSSR count). The number of carbonyl (C=O) groups excluding carboxylic acids is 1. The van der Waals surface area contributed by atoms with Crippen LogP contribution in [0.25, 0.3) is 0 Å². The van der Waals surface area contributed by atoms with Gasteiger partial charge in [-0.3, -0.25) is 5.32 Å². The highest BCUT2D eigenvalue weighted by atomic mass is 19.1. The number of nitrogens with one attached hydrogen (secondary N) is 2. The smallest absolute Gasteiger partial charge is 0.412 e. The van der Waals surface area contributed by atoms with E-state index < -0.39 is 11.7 Å². The van der Waals surface area contributed by atoms with Crippen LogP contribution in [0.4, 0.5) is 20.6 Å². The molecule has 0 saturated carbocycles. The fraction of sp³-hybridized carbons (Fsp3) is 0.462. The molecule has 1 aromatic rings. The van der Waals surface area contributed by atoms with Gasteiger partial charge in [-0.15, -0.1) is 0 Å². The van der Waals surface area contributed by atoms with Crippen LogP contribution in [-0.4, -0.2) is 18.2 Å². The van der Waals surface area contributed by atoms with Gasteiger partial charge in [-0.05, 0) is 39.3 Å². The Morgan fingerprint density at radius 2 is 2.17 bits per heavy atom. The van der Waals surface area contributed by atoms with Crippen LogP contribution in [0, 0.1) is 5.82 Å². The molecule has 98 valence electrons. The fourth-order valence-electron chi connectivity index (χ4n) is 1.91. The van der Waals surface area contributed by atoms with E-state index in [0.717, 1.165) is 5.56 Å². The molecule has 5 heteroatoms. The summed E-state index contributed by atoms with van der Waals surface area (Å²) in [7, 11) is 0. The van der Waals surface area contributed by atoms with E-state index in [1.807, 2.05) is 0 Å². The molecule has 0 atom stereocenters. The summed E-state index contributed by atoms with van der Waals surface area (Å²) in [5.74, 6) is -0.294. The summed E-state index contributed by atoms with van der Waals surface area (Å²) in [5.41, 5.74) is 1.32. The van der Waals surface area contributed by atoms with E-state index in [9.17, 15) is 9.18 Å². The molecule has 0 saturated heterocycles. The molecule has 0 aromatic heterocycles. The van der Waals surface area contributed by atoms with E-state index in [-0.39, 0.29) is 5.82 Å². The third-order valence-electron chi connectivity index (χ3n) is 2.57. The van der Waals surface area contributed by atoms with Gasteiger partial charge in [0.15, 0.2) is 0 Å². The first-order chi connectivity index (χ1) is 8.37. The molecule has 1 heterocycles. The molecular weight excluding hydrogens is 235 g/mol. The third-order valence-corrected chi connectivity index (χ3v) is 2.57. The molecule has 0 unspecified atom stereocenters. The van der Waals surface area contributed by atoms with Crippen molar-refractivity contribution in [2.45, 2.75) is 32.8 Å². The van der Waals surface area contributed by atoms with E-state index in [2.05, 4.69) is 10.6 Å². The maximum absolute atomic E-state index is 13.5. The van der Waals surface area contributed by atoms with Crippen LogP contribution in [0.2, 0.25) is 0 Å². The Bertz CT molecular complexity index is 481. The highest BCUT2D eigenvalue weighted by Gasteiger charge is 2.21. The summed E-state index contributed by atoms with van der Waals surface area (Å²) in [5, 5.41) is 5.62. The lowest BCUT2D eigenvalue weighted by molar-refractivity contribution is 0.0636. The van der Waals surface area contributed by atoms with Crippen molar-refractivity contribution in [3.63, 3.8) is 0 Å². The number of benzene rings is 1. The molecule has 18 heavy (non-hydrogen) atoms. The normalized spacial score (nSPS) is 13.8. The molecule has 0 fully saturated rings. The van der Waals surface area contributed by atoms with Crippen molar-refractivity contribution in [1.82, 2.24) is 0 Å². The molecule has 0 radical (unpaired) electrons. The van der Waals surface area contributed by atoms with Crippen LogP contribution in [0.1, 0.15) is 26.3 Å². The van der Waals surface area contributed by atoms with Crippen molar-refractivity contribution in [3.8, 4) is 0 Å². The van der Waals surface area contributed by atoms with Crippen LogP contribution in [0.5, 0.6) is 0 Å². The van der Waals surface area contributed by atoms with Gasteiger partial charge in [0.2, 0.25) is 0 Å². The number of carbonyl (C=O) groups is 1. The van der Waals surface area contributed by atoms with E-state index in [4.69, 9.17) is 4.74 Å². The van der Waals surface area contributed by atoms with Gasteiger partial charge < -0.3 is 10.1 Å². The van der Waals surface area contributed by atoms with Crippen molar-refractivity contribution >= 4 is 17.5 Å². The van der Waals surface area contributed by atoms with Gasteiger partial charge in [-0.2, -0.15) is 0 Å². The number of ether oxygens (including phenoxy) is 1. The largest absolute Gasteiger partial charge is 0.444 e. The molecule has 2 N–H and O–H groups in total. The van der Waals surface area contributed by atoms with Crippen LogP contribution in [-0.2, 0) is 11.2 Å². The summed E-state index contributed by atoms with van der Waals surface area (Å²) >= 11 is 0. The van der Waals surface area contributed by atoms with Crippen molar-refractivity contribution in [2.75, 3.05) is 17.2 Å². The number of hydrogen-bond donors (Lipinski definition) is 2. The Balaban J connectivity index is 2.16. The summed E-state index contributed by atoms with van der Waals surface area (Å²) in [6, 6.07) is 2.90. The molecule has 0 bridgehead atoms. The van der Waals surface area contributed by atoms with Crippen LogP contribution in [0.15, 0.2) is 12.1 Å². The van der Waals surface area contributed by atoms with E-state index in [0.29, 0.717) is 24.3 Å². The van der Waals surface area contributed by atoms with Gasteiger partial charge in [-0.1, -0.05) is 0 Å². The van der Waals surface area contributed by atoms with Gasteiger partial charge in [-0.25, -0.2) is 9.18 Å². The Labute approximate surface area is 106 Å². The molecular formula is C13H17FN2O2. The minimum Gasteiger partial charge on any atom is -0.444 e. The fourth-order valence-corrected chi connectivity index (χ4v) is 1.91. The average molecular weight is 252 g/mol. The Kier molecular flexibility index (Phi) is 3.15. The molecule has 1 amide bonds. The topological polar surface area (TPSA) is 50.4 Å². The first-order valence-electron chi connectivity index (χ1n) is 5.92. The second-order valence-corrected chi connectivity index (χ2v) is 5.25. The Morgan fingerprint density at radius 1 is 1.44 bits per heavy atom. The molecule has 1 aliphatic rings. The SMILES string of the molecule is CC(C)(C)OC(=O)Nc1ccc(F)c2c1CCN2. The monoisotopic (exact) mass is 252 g/mol. The van der Waals surface area contributed by atoms with Crippen molar-refractivity contribution in [3.05, 3.63) is 23.5 Å². The third kappa shape index (κ3) is 2.72. The number of anilines is 2. The van der Waals surface area contributed by atoms with Crippen molar-refractivity contribution in [2.24, 2.45) is 0 Å². The maximum Gasteiger partial charge on any atom is 0.412 e. The lowest BCUT2D eigenvalue weighted by Gasteiger charge is -2.20. The summed E-state index contributed by atoms with van der Waals surface area (Å²) in [6.45, 7) is 6.06. The van der Waals surface area contributed by atoms with Crippen LogP contribution >= 0.6 is 0 Å². The first kappa shape index (κ1) is 12.7. The lowest BCUT2D eigenvalue weighted by Crippen LogP contribution is -2.27. The molecule has 1 aliphatic heterocycles. The lowest BCUT2D eigenvalue weighted by atomic mass is 10.1. The number of rotatable bonds is 1. The van der Waals surface area contributed by atoms with Gasteiger partial charge in [0.05, 0.1) is 5.69 Å². The van der Waals surface area contributed by atoms with Gasteiger partial charge in [0, 0.05) is 17.8 Å². The van der Waals surface area contributed by atoms with Crippen LogP contribution in [0.3, 0.4) is 0 Å². The number of hydrogen-bond acceptors (Lipinski definition) is 3. The summed E-state index contributed by atoms with van der Waals surface area (Å²) < 4.78 is 18.6. The predicted molar refractivity (Wildman–Crippen MR) is 68.5 cm³/mol. The molecule has 1 aromatic carbocycles. The zero-order valence-electron chi connectivity index (χ0n) is 10.8. The van der Waals surface area contributed by atoms with Crippen LogP contribution < -0.4 is 10.6 Å². The van der Waals surface area contributed by atoms with Crippen molar-refractivity contribution < 1.29 is 13.9 Å². The molecule has 0 spiro atoms. The maximum atomic E-state index is 13.5. The number of amides is 1.